The van der Waals surface area contributed by atoms with Gasteiger partial charge < -0.3 is 15.0 Å². The number of nitrogens with one attached hydrogen (secondary N) is 2. The number of hydrogen-bond acceptors (Lipinski definition) is 5. The normalized spacial score (nSPS) is 22.6. The van der Waals surface area contributed by atoms with Gasteiger partial charge in [-0.3, -0.25) is 9.89 Å². The van der Waals surface area contributed by atoms with Crippen LogP contribution in [0.5, 0.6) is 5.75 Å². The second-order valence-corrected chi connectivity index (χ2v) is 8.29. The number of aromatic amines is 1. The molecule has 2 aromatic rings. The van der Waals surface area contributed by atoms with Gasteiger partial charge in [-0.2, -0.15) is 10.4 Å². The number of carbonyl (C=O) groups excluding carboxylic acids is 1. The molecule has 2 fully saturated rings. The van der Waals surface area contributed by atoms with Gasteiger partial charge in [0, 0.05) is 18.0 Å². The molecule has 2 atom stereocenters. The Morgan fingerprint density at radius 3 is 3.00 bits per heavy atom. The fourth-order valence-corrected chi connectivity index (χ4v) is 4.65. The van der Waals surface area contributed by atoms with E-state index in [0.29, 0.717) is 47.5 Å². The van der Waals surface area contributed by atoms with E-state index in [-0.39, 0.29) is 11.4 Å². The highest BCUT2D eigenvalue weighted by Gasteiger charge is 2.50. The smallest absolute Gasteiger partial charge is 0.272 e. The van der Waals surface area contributed by atoms with Crippen LogP contribution in [-0.4, -0.2) is 39.6 Å². The maximum absolute atomic E-state index is 13.1. The predicted molar refractivity (Wildman–Crippen MR) is 122 cm³/mol. The summed E-state index contributed by atoms with van der Waals surface area (Å²) in [5.41, 5.74) is 1.29. The van der Waals surface area contributed by atoms with Crippen LogP contribution < -0.4 is 10.1 Å². The van der Waals surface area contributed by atoms with Crippen molar-refractivity contribution in [3.8, 4) is 11.9 Å². The molecule has 7 nitrogen and oxygen atoms in total. The summed E-state index contributed by atoms with van der Waals surface area (Å²) in [6, 6.07) is 11.1. The second-order valence-electron chi connectivity index (χ2n) is 8.29. The van der Waals surface area contributed by atoms with Crippen molar-refractivity contribution in [1.82, 2.24) is 20.4 Å². The van der Waals surface area contributed by atoms with Crippen molar-refractivity contribution in [3.63, 3.8) is 0 Å². The van der Waals surface area contributed by atoms with Crippen molar-refractivity contribution in [2.45, 2.75) is 31.7 Å². The van der Waals surface area contributed by atoms with E-state index in [1.807, 2.05) is 55.5 Å². The Labute approximate surface area is 188 Å². The molecule has 0 unspecified atom stereocenters. The highest BCUT2D eigenvalue weighted by atomic mass is 16.5. The van der Waals surface area contributed by atoms with Crippen LogP contribution in [0, 0.1) is 17.4 Å². The Balaban J connectivity index is 1.52. The Kier molecular flexibility index (Phi) is 6.13. The summed E-state index contributed by atoms with van der Waals surface area (Å²) < 4.78 is 5.90. The highest BCUT2D eigenvalue weighted by Crippen LogP contribution is 2.41. The molecule has 1 amide bonds. The number of allylic oxidation sites excluding steroid dienone is 4. The second kappa shape index (κ2) is 9.15. The molecule has 164 valence electrons. The number of aromatic nitrogens is 2. The number of ether oxygens (including phenoxy) is 1. The Hall–Kier alpha value is -3.79. The molecule has 1 saturated heterocycles. The predicted octanol–water partition coefficient (Wildman–Crippen LogP) is 4.03. The Morgan fingerprint density at radius 2 is 2.25 bits per heavy atom. The lowest BCUT2D eigenvalue weighted by Gasteiger charge is -2.29. The van der Waals surface area contributed by atoms with Crippen molar-refractivity contribution >= 4 is 11.5 Å². The molecule has 1 saturated carbocycles. The van der Waals surface area contributed by atoms with Crippen LogP contribution in [0.15, 0.2) is 67.0 Å². The molecule has 0 bridgehead atoms. The van der Waals surface area contributed by atoms with Crippen LogP contribution in [0.25, 0.3) is 5.57 Å². The van der Waals surface area contributed by atoms with Gasteiger partial charge in [0.1, 0.15) is 11.5 Å². The first kappa shape index (κ1) is 21.4. The summed E-state index contributed by atoms with van der Waals surface area (Å²) in [7, 11) is 0. The maximum atomic E-state index is 13.1. The zero-order valence-electron chi connectivity index (χ0n) is 18.2. The number of carbonyl (C=O) groups is 1. The number of rotatable bonds is 7. The van der Waals surface area contributed by atoms with E-state index in [1.165, 1.54) is 0 Å². The lowest BCUT2D eigenvalue weighted by Crippen LogP contribution is -2.51. The molecule has 2 heterocycles. The number of para-hydroxylation sites is 1. The number of amides is 1. The first-order valence-electron chi connectivity index (χ1n) is 10.8. The van der Waals surface area contributed by atoms with Crippen LogP contribution in [0.4, 0.5) is 0 Å². The topological polar surface area (TPSA) is 94.0 Å². The van der Waals surface area contributed by atoms with Gasteiger partial charge in [-0.25, -0.2) is 0 Å². The first-order valence-corrected chi connectivity index (χ1v) is 10.8. The summed E-state index contributed by atoms with van der Waals surface area (Å²) in [5, 5.41) is 19.7. The van der Waals surface area contributed by atoms with Crippen LogP contribution in [0.2, 0.25) is 0 Å². The third-order valence-electron chi connectivity index (χ3n) is 6.22. The fourth-order valence-electron chi connectivity index (χ4n) is 4.65. The fraction of sp³-hybridized carbons (Fsp3) is 0.320. The molecule has 1 aliphatic carbocycles. The number of hydrogen-bond donors (Lipinski definition) is 2. The molecule has 1 aromatic heterocycles. The highest BCUT2D eigenvalue weighted by molar-refractivity contribution is 5.94. The van der Waals surface area contributed by atoms with Crippen molar-refractivity contribution in [2.75, 3.05) is 13.1 Å². The molecule has 2 aliphatic rings. The van der Waals surface area contributed by atoms with E-state index in [2.05, 4.69) is 28.3 Å². The van der Waals surface area contributed by atoms with Gasteiger partial charge in [-0.15, -0.1) is 0 Å². The van der Waals surface area contributed by atoms with Crippen LogP contribution in [0.1, 0.15) is 42.4 Å². The minimum Gasteiger partial charge on any atom is -0.457 e. The minimum atomic E-state index is -0.352. The zero-order chi connectivity index (χ0) is 22.6. The molecule has 0 radical (unpaired) electrons. The van der Waals surface area contributed by atoms with E-state index in [1.54, 1.807) is 11.0 Å². The third-order valence-corrected chi connectivity index (χ3v) is 6.22. The van der Waals surface area contributed by atoms with Crippen LogP contribution in [0.3, 0.4) is 0 Å². The monoisotopic (exact) mass is 429 g/mol. The van der Waals surface area contributed by atoms with Crippen molar-refractivity contribution < 1.29 is 9.53 Å². The number of fused-ring (bicyclic) bond motifs is 1. The van der Waals surface area contributed by atoms with E-state index < -0.39 is 0 Å². The summed E-state index contributed by atoms with van der Waals surface area (Å²) in [5.74, 6) is 1.18. The molecule has 32 heavy (non-hydrogen) atoms. The lowest BCUT2D eigenvalue weighted by atomic mass is 9.90. The average molecular weight is 430 g/mol. The molecule has 4 rings (SSSR count). The lowest BCUT2D eigenvalue weighted by molar-refractivity contribution is 0.0886. The molecular weight excluding hydrogens is 402 g/mol. The quantitative estimate of drug-likeness (QED) is 0.394. The number of likely N-dealkylation sites (tertiary alicyclic amines) is 1. The molecule has 0 spiro atoms. The maximum Gasteiger partial charge on any atom is 0.272 e. The molecular formula is C25H27N5O2. The van der Waals surface area contributed by atoms with Gasteiger partial charge in [-0.05, 0) is 44.0 Å². The van der Waals surface area contributed by atoms with Gasteiger partial charge in [0.05, 0.1) is 17.8 Å². The van der Waals surface area contributed by atoms with Gasteiger partial charge in [-0.1, -0.05) is 43.4 Å². The van der Waals surface area contributed by atoms with Crippen molar-refractivity contribution in [2.24, 2.45) is 5.92 Å². The largest absolute Gasteiger partial charge is 0.457 e. The van der Waals surface area contributed by atoms with Gasteiger partial charge >= 0.3 is 0 Å². The summed E-state index contributed by atoms with van der Waals surface area (Å²) in [6.45, 7) is 7.25. The molecule has 7 heteroatoms. The van der Waals surface area contributed by atoms with E-state index in [9.17, 15) is 10.1 Å². The number of nitrogens with zero attached hydrogens (tertiary/aromatic N) is 3. The molecule has 2 N–H and O–H groups in total. The number of benzene rings is 1. The summed E-state index contributed by atoms with van der Waals surface area (Å²) >= 11 is 0. The SMILES string of the molecule is C=C(Oc1ccccc1)/C(=C\C=C/C)c1cc(C(=O)N[C@@]23CCC[C@@H]2CN(C#N)C3)n[nH]1. The zero-order valence-corrected chi connectivity index (χ0v) is 18.2. The Morgan fingerprint density at radius 1 is 1.44 bits per heavy atom. The number of H-pyrrole nitrogens is 1. The number of nitriles is 1. The van der Waals surface area contributed by atoms with Gasteiger partial charge in [0.15, 0.2) is 11.9 Å². The van der Waals surface area contributed by atoms with Crippen molar-refractivity contribution in [3.05, 3.63) is 78.4 Å². The first-order chi connectivity index (χ1) is 15.5. The van der Waals surface area contributed by atoms with E-state index in [0.717, 1.165) is 19.3 Å². The van der Waals surface area contributed by atoms with Gasteiger partial charge in [0.25, 0.3) is 5.91 Å². The average Bonchev–Trinajstić information content (AvgIpc) is 3.49. The van der Waals surface area contributed by atoms with E-state index >= 15 is 0 Å². The molecule has 1 aliphatic heterocycles. The van der Waals surface area contributed by atoms with Crippen LogP contribution in [-0.2, 0) is 0 Å². The Bertz CT molecular complexity index is 1100. The van der Waals surface area contributed by atoms with E-state index in [4.69, 9.17) is 4.74 Å². The third kappa shape index (κ3) is 4.30. The van der Waals surface area contributed by atoms with Crippen LogP contribution >= 0.6 is 0 Å². The summed E-state index contributed by atoms with van der Waals surface area (Å²) in [6.07, 6.45) is 10.8. The summed E-state index contributed by atoms with van der Waals surface area (Å²) in [4.78, 5) is 14.8. The minimum absolute atomic E-state index is 0.237. The van der Waals surface area contributed by atoms with Gasteiger partial charge in [0.2, 0.25) is 0 Å². The molecule has 1 aromatic carbocycles. The van der Waals surface area contributed by atoms with Crippen molar-refractivity contribution in [1.29, 1.82) is 5.26 Å². The standard InChI is InChI=1S/C25H27N5O2/c1-3-4-12-21(18(2)32-20-10-6-5-7-11-20)22-14-23(29-28-22)24(31)27-25-13-8-9-19(25)15-30(16-25)17-26/h3-7,10-12,14,19H,2,8-9,13,15-16H2,1H3,(H,27,31)(H,28,29)/b4-3-,21-12+/t19-,25-/m1/s1.